The zero-order chi connectivity index (χ0) is 19.9. The van der Waals surface area contributed by atoms with Gasteiger partial charge in [-0.25, -0.2) is 5.43 Å². The molecular formula is C20H22N6OS. The van der Waals surface area contributed by atoms with Gasteiger partial charge >= 0.3 is 0 Å². The summed E-state index contributed by atoms with van der Waals surface area (Å²) >= 11 is 1.60. The summed E-state index contributed by atoms with van der Waals surface area (Å²) < 4.78 is 1.87. The predicted octanol–water partition coefficient (Wildman–Crippen LogP) is 2.94. The summed E-state index contributed by atoms with van der Waals surface area (Å²) in [6.07, 6.45) is 3.30. The molecule has 0 saturated heterocycles. The number of nitrogens with one attached hydrogen (secondary N) is 1. The minimum atomic E-state index is -0.242. The molecule has 0 fully saturated rings. The number of rotatable bonds is 7. The Bertz CT molecular complexity index is 948. The van der Waals surface area contributed by atoms with Crippen LogP contribution >= 0.6 is 11.8 Å². The first-order valence-electron chi connectivity index (χ1n) is 8.69. The lowest BCUT2D eigenvalue weighted by Crippen LogP contribution is -2.17. The third kappa shape index (κ3) is 5.20. The third-order valence-corrected chi connectivity index (χ3v) is 5.15. The van der Waals surface area contributed by atoms with Gasteiger partial charge in [-0.2, -0.15) is 5.10 Å². The average molecular weight is 395 g/mol. The van der Waals surface area contributed by atoms with Gasteiger partial charge < -0.3 is 9.47 Å². The molecule has 1 amide bonds. The van der Waals surface area contributed by atoms with Crippen molar-refractivity contribution in [3.63, 3.8) is 0 Å². The fourth-order valence-electron chi connectivity index (χ4n) is 2.39. The van der Waals surface area contributed by atoms with E-state index in [9.17, 15) is 4.79 Å². The number of hydrazone groups is 1. The van der Waals surface area contributed by atoms with Crippen LogP contribution in [-0.2, 0) is 12.8 Å². The van der Waals surface area contributed by atoms with Crippen LogP contribution in [0.1, 0.15) is 21.5 Å². The number of aryl methyl sites for hydroxylation is 1. The standard InChI is InChI=1S/C20H22N6OS/c1-25(2)18-10-6-15(7-11-18)12-21-23-19(27)17-8-4-16(5-9-17)13-28-20-24-22-14-26(20)3/h4-12,14H,13H2,1-3H3,(H,23,27)/b21-12+. The first-order valence-corrected chi connectivity index (χ1v) is 9.68. The lowest BCUT2D eigenvalue weighted by molar-refractivity contribution is 0.0955. The second-order valence-electron chi connectivity index (χ2n) is 6.40. The third-order valence-electron chi connectivity index (χ3n) is 4.04. The van der Waals surface area contributed by atoms with Crippen molar-refractivity contribution < 1.29 is 4.79 Å². The van der Waals surface area contributed by atoms with Crippen LogP contribution in [0.3, 0.4) is 0 Å². The molecule has 0 aliphatic carbocycles. The Morgan fingerprint density at radius 1 is 1.18 bits per heavy atom. The Hall–Kier alpha value is -3.13. The molecular weight excluding hydrogens is 372 g/mol. The molecule has 2 aromatic carbocycles. The molecule has 0 bridgehead atoms. The molecule has 0 atom stereocenters. The highest BCUT2D eigenvalue weighted by atomic mass is 32.2. The summed E-state index contributed by atoms with van der Waals surface area (Å²) in [5.74, 6) is 0.517. The zero-order valence-electron chi connectivity index (χ0n) is 16.0. The number of amides is 1. The molecule has 1 aromatic heterocycles. The molecule has 0 radical (unpaired) electrons. The molecule has 0 saturated carbocycles. The summed E-state index contributed by atoms with van der Waals surface area (Å²) in [5.41, 5.74) is 6.26. The smallest absolute Gasteiger partial charge is 0.271 e. The number of carbonyl (C=O) groups excluding carboxylic acids is 1. The van der Waals surface area contributed by atoms with Crippen LogP contribution in [0.25, 0.3) is 0 Å². The predicted molar refractivity (Wildman–Crippen MR) is 113 cm³/mol. The lowest BCUT2D eigenvalue weighted by Gasteiger charge is -2.11. The van der Waals surface area contributed by atoms with E-state index in [1.54, 1.807) is 36.4 Å². The Morgan fingerprint density at radius 3 is 2.50 bits per heavy atom. The summed E-state index contributed by atoms with van der Waals surface area (Å²) in [5, 5.41) is 12.8. The molecule has 28 heavy (non-hydrogen) atoms. The van der Waals surface area contributed by atoms with Crippen LogP contribution in [0.2, 0.25) is 0 Å². The molecule has 0 aliphatic heterocycles. The molecule has 0 aliphatic rings. The van der Waals surface area contributed by atoms with Crippen LogP contribution < -0.4 is 10.3 Å². The van der Waals surface area contributed by atoms with Gasteiger partial charge in [-0.1, -0.05) is 36.0 Å². The van der Waals surface area contributed by atoms with Crippen molar-refractivity contribution in [1.29, 1.82) is 0 Å². The van der Waals surface area contributed by atoms with Gasteiger partial charge in [0.1, 0.15) is 6.33 Å². The monoisotopic (exact) mass is 394 g/mol. The van der Waals surface area contributed by atoms with Crippen LogP contribution in [0.15, 0.2) is 65.1 Å². The van der Waals surface area contributed by atoms with E-state index in [-0.39, 0.29) is 5.91 Å². The minimum Gasteiger partial charge on any atom is -0.378 e. The SMILES string of the molecule is CN(C)c1ccc(/C=N/NC(=O)c2ccc(CSc3nncn3C)cc2)cc1. The van der Waals surface area contributed by atoms with Crippen LogP contribution in [0, 0.1) is 0 Å². The van der Waals surface area contributed by atoms with Crippen molar-refractivity contribution in [3.8, 4) is 0 Å². The number of thioether (sulfide) groups is 1. The van der Waals surface area contributed by atoms with Gasteiger partial charge in [0, 0.05) is 38.1 Å². The Labute approximate surface area is 168 Å². The van der Waals surface area contributed by atoms with Gasteiger partial charge in [-0.15, -0.1) is 10.2 Å². The fourth-order valence-corrected chi connectivity index (χ4v) is 3.24. The molecule has 3 rings (SSSR count). The number of hydrogen-bond donors (Lipinski definition) is 1. The van der Waals surface area contributed by atoms with E-state index >= 15 is 0 Å². The van der Waals surface area contributed by atoms with Gasteiger partial charge in [0.2, 0.25) is 0 Å². The maximum absolute atomic E-state index is 12.2. The number of aromatic nitrogens is 3. The van der Waals surface area contributed by atoms with Crippen molar-refractivity contribution in [3.05, 3.63) is 71.5 Å². The number of nitrogens with zero attached hydrogens (tertiary/aromatic N) is 5. The van der Waals surface area contributed by atoms with Gasteiger partial charge in [0.15, 0.2) is 5.16 Å². The van der Waals surface area contributed by atoms with E-state index in [2.05, 4.69) is 20.7 Å². The van der Waals surface area contributed by atoms with Crippen molar-refractivity contribution in [1.82, 2.24) is 20.2 Å². The minimum absolute atomic E-state index is 0.242. The van der Waals surface area contributed by atoms with Crippen molar-refractivity contribution in [2.75, 3.05) is 19.0 Å². The maximum Gasteiger partial charge on any atom is 0.271 e. The van der Waals surface area contributed by atoms with E-state index in [0.29, 0.717) is 5.56 Å². The van der Waals surface area contributed by atoms with Crippen LogP contribution in [-0.4, -0.2) is 41.0 Å². The second-order valence-corrected chi connectivity index (χ2v) is 7.34. The van der Waals surface area contributed by atoms with E-state index in [0.717, 1.165) is 27.7 Å². The first-order chi connectivity index (χ1) is 13.5. The summed E-state index contributed by atoms with van der Waals surface area (Å²) in [7, 11) is 5.89. The largest absolute Gasteiger partial charge is 0.378 e. The molecule has 1 heterocycles. The Balaban J connectivity index is 1.52. The first kappa shape index (κ1) is 19.6. The van der Waals surface area contributed by atoms with Gasteiger partial charge in [-0.3, -0.25) is 4.79 Å². The van der Waals surface area contributed by atoms with Crippen LogP contribution in [0.4, 0.5) is 5.69 Å². The molecule has 0 spiro atoms. The lowest BCUT2D eigenvalue weighted by atomic mass is 10.1. The van der Waals surface area contributed by atoms with E-state index in [1.165, 1.54) is 0 Å². The van der Waals surface area contributed by atoms with Gasteiger partial charge in [0.05, 0.1) is 6.21 Å². The van der Waals surface area contributed by atoms with Crippen molar-refractivity contribution >= 4 is 29.6 Å². The van der Waals surface area contributed by atoms with Crippen molar-refractivity contribution in [2.45, 2.75) is 10.9 Å². The zero-order valence-corrected chi connectivity index (χ0v) is 16.8. The summed E-state index contributed by atoms with van der Waals surface area (Å²) in [6.45, 7) is 0. The maximum atomic E-state index is 12.2. The molecule has 7 nitrogen and oxygen atoms in total. The average Bonchev–Trinajstić information content (AvgIpc) is 3.12. The normalized spacial score (nSPS) is 11.0. The number of hydrogen-bond acceptors (Lipinski definition) is 6. The molecule has 8 heteroatoms. The highest BCUT2D eigenvalue weighted by Gasteiger charge is 2.06. The quantitative estimate of drug-likeness (QED) is 0.379. The fraction of sp³-hybridized carbons (Fsp3) is 0.200. The molecule has 144 valence electrons. The second kappa shape index (κ2) is 9.18. The summed E-state index contributed by atoms with van der Waals surface area (Å²) in [4.78, 5) is 14.2. The molecule has 0 unspecified atom stereocenters. The number of carbonyl (C=O) groups is 1. The topological polar surface area (TPSA) is 75.4 Å². The molecule has 3 aromatic rings. The van der Waals surface area contributed by atoms with Crippen LogP contribution in [0.5, 0.6) is 0 Å². The van der Waals surface area contributed by atoms with E-state index < -0.39 is 0 Å². The number of anilines is 1. The van der Waals surface area contributed by atoms with Crippen molar-refractivity contribution in [2.24, 2.45) is 12.1 Å². The summed E-state index contributed by atoms with van der Waals surface area (Å²) in [6, 6.07) is 15.4. The van der Waals surface area contributed by atoms with Gasteiger partial charge in [-0.05, 0) is 35.4 Å². The van der Waals surface area contributed by atoms with Gasteiger partial charge in [0.25, 0.3) is 5.91 Å². The van der Waals surface area contributed by atoms with E-state index in [4.69, 9.17) is 0 Å². The molecule has 1 N–H and O–H groups in total. The number of benzene rings is 2. The Kier molecular flexibility index (Phi) is 6.44. The highest BCUT2D eigenvalue weighted by Crippen LogP contribution is 2.20. The highest BCUT2D eigenvalue weighted by molar-refractivity contribution is 7.98. The van der Waals surface area contributed by atoms with E-state index in [1.807, 2.05) is 67.0 Å². The Morgan fingerprint density at radius 2 is 1.89 bits per heavy atom.